The van der Waals surface area contributed by atoms with E-state index in [2.05, 4.69) is 44.2 Å². The fraction of sp³-hybridized carbons (Fsp3) is 0.583. The van der Waals surface area contributed by atoms with Crippen molar-refractivity contribution in [2.24, 2.45) is 0 Å². The lowest BCUT2D eigenvalue weighted by Gasteiger charge is -2.17. The Bertz CT molecular complexity index is 295. The van der Waals surface area contributed by atoms with Gasteiger partial charge in [0.1, 0.15) is 0 Å². The van der Waals surface area contributed by atoms with Gasteiger partial charge in [0.25, 0.3) is 0 Å². The van der Waals surface area contributed by atoms with E-state index in [1.807, 2.05) is 6.20 Å². The molecule has 1 rings (SSSR count). The molecule has 1 aliphatic heterocycles. The van der Waals surface area contributed by atoms with Gasteiger partial charge in [0, 0.05) is 18.9 Å². The summed E-state index contributed by atoms with van der Waals surface area (Å²) in [5.41, 5.74) is 7.51. The van der Waals surface area contributed by atoms with Gasteiger partial charge in [-0.15, -0.1) is 5.73 Å². The number of allylic oxidation sites excluding steroid dienone is 3. The Kier molecular flexibility index (Phi) is 4.37. The molecule has 0 unspecified atom stereocenters. The SMILES string of the molecule is CC1=C=CN(C)C(C)=C(CCCS)C1. The molecule has 0 atom stereocenters. The summed E-state index contributed by atoms with van der Waals surface area (Å²) in [5, 5.41) is 0. The summed E-state index contributed by atoms with van der Waals surface area (Å²) < 4.78 is 0. The summed E-state index contributed by atoms with van der Waals surface area (Å²) in [5.74, 6) is 0.969. The van der Waals surface area contributed by atoms with Crippen LogP contribution in [0.15, 0.2) is 28.8 Å². The van der Waals surface area contributed by atoms with Crippen molar-refractivity contribution in [2.75, 3.05) is 12.8 Å². The molecule has 0 N–H and O–H groups in total. The molecule has 0 amide bonds. The molecule has 0 radical (unpaired) electrons. The van der Waals surface area contributed by atoms with Crippen molar-refractivity contribution in [2.45, 2.75) is 33.1 Å². The van der Waals surface area contributed by atoms with Crippen LogP contribution in [0.1, 0.15) is 33.1 Å². The lowest BCUT2D eigenvalue weighted by Crippen LogP contribution is -2.09. The zero-order chi connectivity index (χ0) is 10.6. The number of thiol groups is 1. The first-order valence-electron chi connectivity index (χ1n) is 5.09. The molecular weight excluding hydrogens is 190 g/mol. The van der Waals surface area contributed by atoms with E-state index in [1.165, 1.54) is 16.8 Å². The normalized spacial score (nSPS) is 17.1. The minimum absolute atomic E-state index is 0.969. The summed E-state index contributed by atoms with van der Waals surface area (Å²) >= 11 is 4.26. The van der Waals surface area contributed by atoms with Crippen LogP contribution in [0.5, 0.6) is 0 Å². The van der Waals surface area contributed by atoms with Gasteiger partial charge in [0.2, 0.25) is 0 Å². The largest absolute Gasteiger partial charge is 0.348 e. The van der Waals surface area contributed by atoms with Crippen molar-refractivity contribution in [1.82, 2.24) is 4.90 Å². The van der Waals surface area contributed by atoms with E-state index in [4.69, 9.17) is 0 Å². The Hall–Kier alpha value is -0.590. The van der Waals surface area contributed by atoms with Gasteiger partial charge in [-0.3, -0.25) is 0 Å². The molecule has 0 aromatic heterocycles. The Morgan fingerprint density at radius 3 is 2.86 bits per heavy atom. The molecule has 1 nitrogen and oxygen atoms in total. The lowest BCUT2D eigenvalue weighted by molar-refractivity contribution is 0.557. The van der Waals surface area contributed by atoms with Gasteiger partial charge in [-0.2, -0.15) is 12.6 Å². The monoisotopic (exact) mass is 209 g/mol. The van der Waals surface area contributed by atoms with Crippen LogP contribution in [0.2, 0.25) is 0 Å². The van der Waals surface area contributed by atoms with Gasteiger partial charge in [-0.25, -0.2) is 0 Å². The second-order valence-corrected chi connectivity index (χ2v) is 4.30. The van der Waals surface area contributed by atoms with Crippen molar-refractivity contribution >= 4 is 12.6 Å². The van der Waals surface area contributed by atoms with Crippen LogP contribution in [0, 0.1) is 0 Å². The third-order valence-corrected chi connectivity index (χ3v) is 2.98. The summed E-state index contributed by atoms with van der Waals surface area (Å²) in [6.07, 6.45) is 5.42. The summed E-state index contributed by atoms with van der Waals surface area (Å²) in [4.78, 5) is 2.16. The molecule has 0 saturated heterocycles. The molecule has 0 spiro atoms. The Morgan fingerprint density at radius 1 is 1.50 bits per heavy atom. The zero-order valence-electron chi connectivity index (χ0n) is 9.30. The summed E-state index contributed by atoms with van der Waals surface area (Å²) in [6, 6.07) is 0. The molecule has 0 fully saturated rings. The highest BCUT2D eigenvalue weighted by Crippen LogP contribution is 2.23. The molecule has 2 heteroatoms. The average Bonchev–Trinajstić information content (AvgIpc) is 2.29. The predicted molar refractivity (Wildman–Crippen MR) is 65.4 cm³/mol. The second kappa shape index (κ2) is 5.33. The number of hydrogen-bond acceptors (Lipinski definition) is 2. The van der Waals surface area contributed by atoms with Gasteiger partial charge in [0.15, 0.2) is 0 Å². The van der Waals surface area contributed by atoms with Crippen LogP contribution in [-0.4, -0.2) is 17.7 Å². The molecule has 0 aromatic carbocycles. The maximum absolute atomic E-state index is 4.26. The smallest absolute Gasteiger partial charge is 0.0462 e. The minimum Gasteiger partial charge on any atom is -0.348 e. The van der Waals surface area contributed by atoms with E-state index in [0.717, 1.165) is 25.0 Å². The topological polar surface area (TPSA) is 3.24 Å². The van der Waals surface area contributed by atoms with Gasteiger partial charge < -0.3 is 4.90 Å². The van der Waals surface area contributed by atoms with Crippen molar-refractivity contribution < 1.29 is 0 Å². The number of hydrogen-bond donors (Lipinski definition) is 1. The van der Waals surface area contributed by atoms with E-state index in [9.17, 15) is 0 Å². The molecule has 0 aromatic rings. The molecule has 1 heterocycles. The number of rotatable bonds is 3. The predicted octanol–water partition coefficient (Wildman–Crippen LogP) is 3.36. The first-order valence-corrected chi connectivity index (χ1v) is 5.73. The van der Waals surface area contributed by atoms with Crippen molar-refractivity contribution in [3.05, 3.63) is 28.8 Å². The third kappa shape index (κ3) is 2.97. The zero-order valence-corrected chi connectivity index (χ0v) is 10.2. The quantitative estimate of drug-likeness (QED) is 0.551. The van der Waals surface area contributed by atoms with E-state index in [1.54, 1.807) is 0 Å². The van der Waals surface area contributed by atoms with Crippen LogP contribution in [0.4, 0.5) is 0 Å². The lowest BCUT2D eigenvalue weighted by atomic mass is 10.0. The van der Waals surface area contributed by atoms with E-state index < -0.39 is 0 Å². The molecule has 0 saturated carbocycles. The Morgan fingerprint density at radius 2 is 2.21 bits per heavy atom. The highest BCUT2D eigenvalue weighted by molar-refractivity contribution is 7.80. The highest BCUT2D eigenvalue weighted by atomic mass is 32.1. The molecule has 1 aliphatic rings. The Balaban J connectivity index is 2.81. The van der Waals surface area contributed by atoms with Crippen LogP contribution in [0.3, 0.4) is 0 Å². The first kappa shape index (κ1) is 11.5. The van der Waals surface area contributed by atoms with E-state index in [0.29, 0.717) is 0 Å². The van der Waals surface area contributed by atoms with Crippen LogP contribution < -0.4 is 0 Å². The summed E-state index contributed by atoms with van der Waals surface area (Å²) in [6.45, 7) is 4.33. The van der Waals surface area contributed by atoms with E-state index >= 15 is 0 Å². The average molecular weight is 209 g/mol. The maximum Gasteiger partial charge on any atom is 0.0462 e. The van der Waals surface area contributed by atoms with Crippen LogP contribution >= 0.6 is 12.6 Å². The van der Waals surface area contributed by atoms with Crippen molar-refractivity contribution in [3.63, 3.8) is 0 Å². The first-order chi connectivity index (χ1) is 6.65. The molecule has 0 aliphatic carbocycles. The maximum atomic E-state index is 4.26. The van der Waals surface area contributed by atoms with Gasteiger partial charge in [-0.1, -0.05) is 0 Å². The molecular formula is C12H19NS. The van der Waals surface area contributed by atoms with E-state index in [-0.39, 0.29) is 0 Å². The minimum atomic E-state index is 0.969. The Labute approximate surface area is 92.6 Å². The van der Waals surface area contributed by atoms with Crippen molar-refractivity contribution in [1.29, 1.82) is 0 Å². The van der Waals surface area contributed by atoms with Gasteiger partial charge in [-0.05, 0) is 50.0 Å². The van der Waals surface area contributed by atoms with Crippen molar-refractivity contribution in [3.8, 4) is 0 Å². The number of nitrogens with zero attached hydrogens (tertiary/aromatic N) is 1. The van der Waals surface area contributed by atoms with Gasteiger partial charge in [0.05, 0.1) is 0 Å². The summed E-state index contributed by atoms with van der Waals surface area (Å²) in [7, 11) is 2.08. The van der Waals surface area contributed by atoms with Crippen LogP contribution in [0.25, 0.3) is 0 Å². The fourth-order valence-corrected chi connectivity index (χ4v) is 1.77. The third-order valence-electron chi connectivity index (χ3n) is 2.66. The van der Waals surface area contributed by atoms with Gasteiger partial charge >= 0.3 is 0 Å². The standard InChI is InChI=1S/C12H19NS/c1-10-6-7-13(3)11(2)12(9-10)5-4-8-14/h7,14H,4-5,8-9H2,1-3H3. The molecule has 78 valence electrons. The van der Waals surface area contributed by atoms with Crippen LogP contribution in [-0.2, 0) is 0 Å². The molecule has 14 heavy (non-hydrogen) atoms. The fourth-order valence-electron chi connectivity index (χ4n) is 1.61. The molecule has 0 bridgehead atoms. The highest BCUT2D eigenvalue weighted by Gasteiger charge is 2.08. The second-order valence-electron chi connectivity index (χ2n) is 3.86.